The SMILES string of the molecule is C=C=[N+](C(C)(C)C1CCC(OC2CCC(S(=O)(=O)C(C)(C)C)CC2)CC1)S(=O)(=O)C1CCC(C2CCC(C(C)(C)C)CC2)CC1. The highest BCUT2D eigenvalue weighted by Crippen LogP contribution is 2.46. The Morgan fingerprint density at radius 1 is 0.578 bits per heavy atom. The number of sulfone groups is 1. The molecule has 0 aromatic heterocycles. The fraction of sp³-hybridized carbons (Fsp3) is 0.946. The van der Waals surface area contributed by atoms with Crippen molar-refractivity contribution in [2.24, 2.45) is 29.1 Å². The molecule has 0 atom stereocenters. The maximum Gasteiger partial charge on any atom is 0.376 e. The fourth-order valence-electron chi connectivity index (χ4n) is 9.41. The first kappa shape index (κ1) is 37.1. The Labute approximate surface area is 277 Å². The van der Waals surface area contributed by atoms with Gasteiger partial charge in [-0.05, 0) is 147 Å². The maximum absolute atomic E-state index is 14.1. The van der Waals surface area contributed by atoms with Gasteiger partial charge >= 0.3 is 10.0 Å². The second-order valence-electron chi connectivity index (χ2n) is 17.8. The predicted octanol–water partition coefficient (Wildman–Crippen LogP) is 8.47. The van der Waals surface area contributed by atoms with Gasteiger partial charge in [0, 0.05) is 26.3 Å². The largest absolute Gasteiger partial charge is 0.376 e. The Morgan fingerprint density at radius 2 is 0.978 bits per heavy atom. The summed E-state index contributed by atoms with van der Waals surface area (Å²) < 4.78 is 61.3. The van der Waals surface area contributed by atoms with E-state index in [1.165, 1.54) is 29.7 Å². The van der Waals surface area contributed by atoms with Crippen LogP contribution in [-0.4, -0.2) is 59.7 Å². The molecule has 8 heteroatoms. The molecule has 0 bridgehead atoms. The van der Waals surface area contributed by atoms with Crippen LogP contribution in [0.25, 0.3) is 0 Å². The van der Waals surface area contributed by atoms with E-state index in [4.69, 9.17) is 4.74 Å². The molecule has 260 valence electrons. The summed E-state index contributed by atoms with van der Waals surface area (Å²) in [5.74, 6) is 5.34. The number of sulfonamides is 1. The molecule has 0 amide bonds. The van der Waals surface area contributed by atoms with Crippen molar-refractivity contribution in [3.05, 3.63) is 6.58 Å². The van der Waals surface area contributed by atoms with Crippen LogP contribution in [0.5, 0.6) is 0 Å². The van der Waals surface area contributed by atoms with Crippen LogP contribution in [0.1, 0.15) is 158 Å². The normalized spacial score (nSPS) is 34.6. The van der Waals surface area contributed by atoms with Crippen molar-refractivity contribution in [2.45, 2.75) is 191 Å². The van der Waals surface area contributed by atoms with Crippen LogP contribution < -0.4 is 0 Å². The number of hydrogen-bond donors (Lipinski definition) is 0. The third-order valence-corrected chi connectivity index (χ3v) is 18.2. The van der Waals surface area contributed by atoms with Gasteiger partial charge in [0.05, 0.1) is 22.2 Å². The monoisotopic (exact) mass is 668 g/mol. The highest BCUT2D eigenvalue weighted by atomic mass is 32.2. The Bertz CT molecular complexity index is 1250. The lowest BCUT2D eigenvalue weighted by Gasteiger charge is -2.41. The van der Waals surface area contributed by atoms with Crippen molar-refractivity contribution in [3.63, 3.8) is 0 Å². The maximum atomic E-state index is 14.1. The van der Waals surface area contributed by atoms with E-state index in [1.54, 1.807) is 20.8 Å². The molecule has 0 heterocycles. The number of hydrogen-bond acceptors (Lipinski definition) is 5. The van der Waals surface area contributed by atoms with Crippen molar-refractivity contribution in [3.8, 4) is 0 Å². The van der Waals surface area contributed by atoms with Crippen molar-refractivity contribution in [1.29, 1.82) is 0 Å². The van der Waals surface area contributed by atoms with Gasteiger partial charge in [0.15, 0.2) is 21.2 Å². The van der Waals surface area contributed by atoms with Gasteiger partial charge < -0.3 is 4.74 Å². The minimum atomic E-state index is -3.55. The number of rotatable bonds is 8. The van der Waals surface area contributed by atoms with Gasteiger partial charge in [0.1, 0.15) is 5.25 Å². The zero-order valence-corrected chi connectivity index (χ0v) is 31.6. The summed E-state index contributed by atoms with van der Waals surface area (Å²) in [5, 5.41) is -0.606. The van der Waals surface area contributed by atoms with Gasteiger partial charge in [-0.15, -0.1) is 0 Å². The molecule has 0 aromatic rings. The van der Waals surface area contributed by atoms with Gasteiger partial charge in [0.2, 0.25) is 0 Å². The van der Waals surface area contributed by atoms with E-state index in [1.807, 2.05) is 0 Å². The van der Waals surface area contributed by atoms with Gasteiger partial charge in [-0.25, -0.2) is 8.42 Å². The Balaban J connectivity index is 1.26. The Kier molecular flexibility index (Phi) is 11.6. The summed E-state index contributed by atoms with van der Waals surface area (Å²) in [4.78, 5) is 0. The van der Waals surface area contributed by atoms with E-state index in [-0.39, 0.29) is 28.6 Å². The number of ether oxygens (including phenoxy) is 1. The molecule has 4 aliphatic rings. The van der Waals surface area contributed by atoms with Gasteiger partial charge in [0.25, 0.3) is 0 Å². The molecule has 0 saturated heterocycles. The molecule has 4 rings (SSSR count). The summed E-state index contributed by atoms with van der Waals surface area (Å²) in [6, 6.07) is 0. The summed E-state index contributed by atoms with van der Waals surface area (Å²) >= 11 is 0. The molecular weight excluding hydrogens is 603 g/mol. The molecular formula is C37H66NO5S2+. The third-order valence-electron chi connectivity index (χ3n) is 12.7. The molecule has 0 spiro atoms. The average molecular weight is 669 g/mol. The minimum Gasteiger partial charge on any atom is -0.375 e. The van der Waals surface area contributed by atoms with Crippen LogP contribution in [0.2, 0.25) is 0 Å². The molecule has 0 radical (unpaired) electrons. The van der Waals surface area contributed by atoms with Gasteiger partial charge in [-0.2, -0.15) is 8.42 Å². The van der Waals surface area contributed by atoms with Crippen molar-refractivity contribution < 1.29 is 25.6 Å². The van der Waals surface area contributed by atoms with Crippen LogP contribution in [0.15, 0.2) is 6.58 Å². The van der Waals surface area contributed by atoms with Crippen LogP contribution in [0.3, 0.4) is 0 Å². The van der Waals surface area contributed by atoms with Crippen LogP contribution in [0.4, 0.5) is 0 Å². The lowest BCUT2D eigenvalue weighted by atomic mass is 9.65. The highest BCUT2D eigenvalue weighted by Gasteiger charge is 2.51. The molecule has 0 aliphatic heterocycles. The minimum absolute atomic E-state index is 0.119. The van der Waals surface area contributed by atoms with E-state index < -0.39 is 30.1 Å². The van der Waals surface area contributed by atoms with E-state index >= 15 is 0 Å². The molecule has 4 fully saturated rings. The average Bonchev–Trinajstić information content (AvgIpc) is 2.97. The highest BCUT2D eigenvalue weighted by molar-refractivity contribution is 7.93. The second-order valence-corrected chi connectivity index (χ2v) is 22.8. The molecule has 6 nitrogen and oxygen atoms in total. The summed E-state index contributed by atoms with van der Waals surface area (Å²) in [7, 11) is -6.69. The van der Waals surface area contributed by atoms with Crippen molar-refractivity contribution in [1.82, 2.24) is 0 Å². The lowest BCUT2D eigenvalue weighted by molar-refractivity contribution is -0.470. The third kappa shape index (κ3) is 8.31. The van der Waals surface area contributed by atoms with E-state index in [2.05, 4.69) is 47.1 Å². The molecule has 0 N–H and O–H groups in total. The number of nitrogens with zero attached hydrogens (tertiary/aromatic N) is 1. The molecule has 4 aliphatic carbocycles. The predicted molar refractivity (Wildman–Crippen MR) is 186 cm³/mol. The van der Waals surface area contributed by atoms with Crippen molar-refractivity contribution >= 4 is 25.7 Å². The summed E-state index contributed by atoms with van der Waals surface area (Å²) in [5.41, 5.74) is -0.202. The van der Waals surface area contributed by atoms with Crippen LogP contribution >= 0.6 is 0 Å². The van der Waals surface area contributed by atoms with E-state index in [0.717, 1.165) is 76.0 Å². The quantitative estimate of drug-likeness (QED) is 0.192. The molecule has 45 heavy (non-hydrogen) atoms. The van der Waals surface area contributed by atoms with E-state index in [9.17, 15) is 16.8 Å². The fourth-order valence-corrected chi connectivity index (χ4v) is 13.5. The zero-order valence-electron chi connectivity index (χ0n) is 29.9. The lowest BCUT2D eigenvalue weighted by Crippen LogP contribution is -2.51. The zero-order chi connectivity index (χ0) is 33.4. The van der Waals surface area contributed by atoms with Crippen LogP contribution in [0, 0.1) is 29.1 Å². The molecule has 4 saturated carbocycles. The van der Waals surface area contributed by atoms with Crippen LogP contribution in [-0.2, 0) is 24.6 Å². The second kappa shape index (κ2) is 14.0. The van der Waals surface area contributed by atoms with E-state index in [0.29, 0.717) is 24.2 Å². The molecule has 0 aromatic carbocycles. The first-order chi connectivity index (χ1) is 20.8. The Morgan fingerprint density at radius 3 is 1.40 bits per heavy atom. The topological polar surface area (TPSA) is 80.5 Å². The first-order valence-electron chi connectivity index (χ1n) is 18.2. The van der Waals surface area contributed by atoms with Gasteiger partial charge in [-0.3, -0.25) is 0 Å². The standard InChI is InChI=1S/C37H66NO5S2/c1-10-38(45(41,42)34-23-13-28(14-24-34)27-11-15-29(16-12-27)35(2,3)4)37(8,9)30-17-19-31(20-18-30)43-32-21-25-33(26-22-32)44(39,40)36(5,6)7/h27-34H,1,11-26H2,2-9H3/q+1. The first-order valence-corrected chi connectivity index (χ1v) is 21.3. The summed E-state index contributed by atoms with van der Waals surface area (Å²) in [6.07, 6.45) is 15.6. The Hall–Kier alpha value is -0.690. The smallest absolute Gasteiger partial charge is 0.375 e. The molecule has 0 unspecified atom stereocenters. The summed E-state index contributed by atoms with van der Waals surface area (Å²) in [6.45, 7) is 20.5. The van der Waals surface area contributed by atoms with Crippen molar-refractivity contribution in [2.75, 3.05) is 0 Å². The van der Waals surface area contributed by atoms with Gasteiger partial charge in [-0.1, -0.05) is 24.8 Å².